The van der Waals surface area contributed by atoms with Crippen LogP contribution in [0.15, 0.2) is 47.4 Å². The van der Waals surface area contributed by atoms with Crippen LogP contribution in [0.4, 0.5) is 0 Å². The highest BCUT2D eigenvalue weighted by Crippen LogP contribution is 2.35. The fourth-order valence-corrected chi connectivity index (χ4v) is 5.33. The SMILES string of the molecule is CCn1c(-c2ccc(S(=O)(=O)N3CCOCC3)cc2)c(C#N)c2ccc(OC)cc21. The van der Waals surface area contributed by atoms with Crippen LogP contribution in [0.2, 0.25) is 0 Å². The van der Waals surface area contributed by atoms with Crippen LogP contribution in [0.3, 0.4) is 0 Å². The molecule has 0 atom stereocenters. The average Bonchev–Trinajstić information content (AvgIpc) is 3.12. The van der Waals surface area contributed by atoms with Crippen LogP contribution < -0.4 is 4.74 Å². The van der Waals surface area contributed by atoms with Gasteiger partial charge in [-0.25, -0.2) is 8.42 Å². The predicted octanol–water partition coefficient (Wildman–Crippen LogP) is 3.23. The summed E-state index contributed by atoms with van der Waals surface area (Å²) in [6.07, 6.45) is 0. The average molecular weight is 426 g/mol. The Balaban J connectivity index is 1.80. The maximum absolute atomic E-state index is 12.9. The number of benzene rings is 2. The second kappa shape index (κ2) is 8.11. The Morgan fingerprint density at radius 3 is 2.43 bits per heavy atom. The molecular formula is C22H23N3O4S. The van der Waals surface area contributed by atoms with Crippen molar-refractivity contribution in [2.24, 2.45) is 0 Å². The highest BCUT2D eigenvalue weighted by molar-refractivity contribution is 7.89. The fraction of sp³-hybridized carbons (Fsp3) is 0.318. The van der Waals surface area contributed by atoms with Crippen LogP contribution in [-0.4, -0.2) is 50.7 Å². The van der Waals surface area contributed by atoms with Crippen LogP contribution >= 0.6 is 0 Å². The molecular weight excluding hydrogens is 402 g/mol. The van der Waals surface area contributed by atoms with Crippen molar-refractivity contribution in [2.45, 2.75) is 18.4 Å². The molecule has 2 heterocycles. The van der Waals surface area contributed by atoms with E-state index in [-0.39, 0.29) is 4.90 Å². The second-order valence-corrected chi connectivity index (χ2v) is 8.94. The molecule has 1 fully saturated rings. The second-order valence-electron chi connectivity index (χ2n) is 7.00. The molecule has 2 aromatic carbocycles. The van der Waals surface area contributed by atoms with E-state index in [1.807, 2.05) is 25.1 Å². The van der Waals surface area contributed by atoms with Crippen LogP contribution in [-0.2, 0) is 21.3 Å². The number of rotatable bonds is 5. The number of hydrogen-bond acceptors (Lipinski definition) is 5. The van der Waals surface area contributed by atoms with Crippen molar-refractivity contribution in [1.82, 2.24) is 8.87 Å². The zero-order valence-electron chi connectivity index (χ0n) is 17.0. The van der Waals surface area contributed by atoms with Gasteiger partial charge in [-0.2, -0.15) is 9.57 Å². The molecule has 8 heteroatoms. The molecule has 7 nitrogen and oxygen atoms in total. The number of aromatic nitrogens is 1. The maximum atomic E-state index is 12.9. The molecule has 3 aromatic rings. The van der Waals surface area contributed by atoms with Crippen LogP contribution in [0.1, 0.15) is 12.5 Å². The number of nitrogens with zero attached hydrogens (tertiary/aromatic N) is 3. The van der Waals surface area contributed by atoms with Gasteiger partial charge in [-0.1, -0.05) is 12.1 Å². The molecule has 1 aliphatic rings. The molecule has 156 valence electrons. The Labute approximate surface area is 176 Å². The molecule has 0 unspecified atom stereocenters. The van der Waals surface area contributed by atoms with Gasteiger partial charge in [-0.05, 0) is 36.8 Å². The number of ether oxygens (including phenoxy) is 2. The molecule has 4 rings (SSSR count). The zero-order valence-corrected chi connectivity index (χ0v) is 17.8. The molecule has 0 N–H and O–H groups in total. The first-order chi connectivity index (χ1) is 14.5. The van der Waals surface area contributed by atoms with Gasteiger partial charge in [0.25, 0.3) is 0 Å². The van der Waals surface area contributed by atoms with Gasteiger partial charge in [0.1, 0.15) is 11.8 Å². The number of nitriles is 1. The van der Waals surface area contributed by atoms with E-state index < -0.39 is 10.0 Å². The molecule has 1 saturated heterocycles. The summed E-state index contributed by atoms with van der Waals surface area (Å²) >= 11 is 0. The minimum atomic E-state index is -3.56. The molecule has 0 aliphatic carbocycles. The molecule has 0 bridgehead atoms. The lowest BCUT2D eigenvalue weighted by Gasteiger charge is -2.26. The highest BCUT2D eigenvalue weighted by Gasteiger charge is 2.26. The number of aryl methyl sites for hydroxylation is 1. The first-order valence-corrected chi connectivity index (χ1v) is 11.2. The summed E-state index contributed by atoms with van der Waals surface area (Å²) in [4.78, 5) is 0.243. The lowest BCUT2D eigenvalue weighted by molar-refractivity contribution is 0.0730. The minimum Gasteiger partial charge on any atom is -0.497 e. The minimum absolute atomic E-state index is 0.243. The first kappa shape index (κ1) is 20.4. The molecule has 0 saturated carbocycles. The van der Waals surface area contributed by atoms with Gasteiger partial charge >= 0.3 is 0 Å². The monoisotopic (exact) mass is 425 g/mol. The number of fused-ring (bicyclic) bond motifs is 1. The van der Waals surface area contributed by atoms with E-state index >= 15 is 0 Å². The van der Waals surface area contributed by atoms with Crippen molar-refractivity contribution in [1.29, 1.82) is 5.26 Å². The predicted molar refractivity (Wildman–Crippen MR) is 114 cm³/mol. The largest absolute Gasteiger partial charge is 0.497 e. The third kappa shape index (κ3) is 3.35. The normalized spacial score (nSPS) is 15.2. The summed E-state index contributed by atoms with van der Waals surface area (Å²) in [6.45, 7) is 4.20. The van der Waals surface area contributed by atoms with Crippen molar-refractivity contribution < 1.29 is 17.9 Å². The zero-order chi connectivity index (χ0) is 21.3. The lowest BCUT2D eigenvalue weighted by atomic mass is 10.1. The summed E-state index contributed by atoms with van der Waals surface area (Å²) < 4.78 is 39.9. The van der Waals surface area contributed by atoms with Gasteiger partial charge < -0.3 is 14.0 Å². The van der Waals surface area contributed by atoms with Gasteiger partial charge in [-0.3, -0.25) is 0 Å². The van der Waals surface area contributed by atoms with E-state index in [1.165, 1.54) is 4.31 Å². The molecule has 0 spiro atoms. The summed E-state index contributed by atoms with van der Waals surface area (Å²) in [7, 11) is -1.95. The lowest BCUT2D eigenvalue weighted by Crippen LogP contribution is -2.40. The maximum Gasteiger partial charge on any atom is 0.243 e. The van der Waals surface area contributed by atoms with E-state index in [0.29, 0.717) is 38.4 Å². The van der Waals surface area contributed by atoms with E-state index in [9.17, 15) is 13.7 Å². The summed E-state index contributed by atoms with van der Waals surface area (Å²) in [6, 6.07) is 14.7. The van der Waals surface area contributed by atoms with Crippen molar-refractivity contribution in [3.63, 3.8) is 0 Å². The smallest absolute Gasteiger partial charge is 0.243 e. The molecule has 1 aromatic heterocycles. The van der Waals surface area contributed by atoms with Gasteiger partial charge in [0.15, 0.2) is 0 Å². The highest BCUT2D eigenvalue weighted by atomic mass is 32.2. The molecule has 30 heavy (non-hydrogen) atoms. The van der Waals surface area contributed by atoms with Gasteiger partial charge in [0, 0.05) is 31.1 Å². The van der Waals surface area contributed by atoms with Crippen molar-refractivity contribution >= 4 is 20.9 Å². The Morgan fingerprint density at radius 2 is 1.83 bits per heavy atom. The third-order valence-corrected chi connectivity index (χ3v) is 7.35. The topological polar surface area (TPSA) is 84.6 Å². The fourth-order valence-electron chi connectivity index (χ4n) is 3.92. The van der Waals surface area contributed by atoms with E-state index in [0.717, 1.165) is 27.9 Å². The Kier molecular flexibility index (Phi) is 5.52. The summed E-state index contributed by atoms with van der Waals surface area (Å²) in [5, 5.41) is 10.7. The van der Waals surface area contributed by atoms with Crippen LogP contribution in [0, 0.1) is 11.3 Å². The van der Waals surface area contributed by atoms with E-state index in [4.69, 9.17) is 9.47 Å². The van der Waals surface area contributed by atoms with E-state index in [1.54, 1.807) is 31.4 Å². The first-order valence-electron chi connectivity index (χ1n) is 9.80. The quantitative estimate of drug-likeness (QED) is 0.627. The molecule has 0 amide bonds. The number of methoxy groups -OCH3 is 1. The van der Waals surface area contributed by atoms with Crippen molar-refractivity contribution in [3.8, 4) is 23.1 Å². The molecule has 1 aliphatic heterocycles. The summed E-state index contributed by atoms with van der Waals surface area (Å²) in [5.74, 6) is 0.720. The Bertz CT molecular complexity index is 1220. The van der Waals surface area contributed by atoms with Crippen LogP contribution in [0.5, 0.6) is 5.75 Å². The van der Waals surface area contributed by atoms with Crippen molar-refractivity contribution in [2.75, 3.05) is 33.4 Å². The van der Waals surface area contributed by atoms with Gasteiger partial charge in [0.05, 0.1) is 42.0 Å². The molecule has 0 radical (unpaired) electrons. The standard InChI is InChI=1S/C22H23N3O4S/c1-3-25-21-14-17(28-2)6-9-19(21)20(15-23)22(25)16-4-7-18(8-5-16)30(26,27)24-10-12-29-13-11-24/h4-9,14H,3,10-13H2,1-2H3. The number of sulfonamides is 1. The van der Waals surface area contributed by atoms with Gasteiger partial charge in [0.2, 0.25) is 10.0 Å². The number of morpholine rings is 1. The van der Waals surface area contributed by atoms with Gasteiger partial charge in [-0.15, -0.1) is 0 Å². The Morgan fingerprint density at radius 1 is 1.13 bits per heavy atom. The Hall–Kier alpha value is -2.86. The number of hydrogen-bond donors (Lipinski definition) is 0. The van der Waals surface area contributed by atoms with Crippen molar-refractivity contribution in [3.05, 3.63) is 48.0 Å². The van der Waals surface area contributed by atoms with Crippen LogP contribution in [0.25, 0.3) is 22.2 Å². The third-order valence-electron chi connectivity index (χ3n) is 5.44. The van der Waals surface area contributed by atoms with E-state index in [2.05, 4.69) is 10.6 Å². The summed E-state index contributed by atoms with van der Waals surface area (Å²) in [5.41, 5.74) is 3.05.